The minimum atomic E-state index is 0.136. The zero-order chi connectivity index (χ0) is 12.5. The van der Waals surface area contributed by atoms with Gasteiger partial charge in [-0.25, -0.2) is 4.98 Å². The first kappa shape index (κ1) is 10.7. The lowest BCUT2D eigenvalue weighted by Gasteiger charge is -2.06. The smallest absolute Gasteiger partial charge is 0.161 e. The molecule has 0 bridgehead atoms. The highest BCUT2D eigenvalue weighted by molar-refractivity contribution is 5.81. The summed E-state index contributed by atoms with van der Waals surface area (Å²) in [5.74, 6) is 0.596. The molecule has 0 unspecified atom stereocenters. The molecule has 2 N–H and O–H groups in total. The van der Waals surface area contributed by atoms with Gasteiger partial charge in [0, 0.05) is 23.3 Å². The lowest BCUT2D eigenvalue weighted by atomic mass is 10.1. The summed E-state index contributed by atoms with van der Waals surface area (Å²) >= 11 is 0. The Morgan fingerprint density at radius 2 is 2.06 bits per heavy atom. The first-order chi connectivity index (χ1) is 8.78. The summed E-state index contributed by atoms with van der Waals surface area (Å²) in [6, 6.07) is 9.28. The molecule has 0 atom stereocenters. The second-order valence-electron chi connectivity index (χ2n) is 4.03. The number of H-pyrrole nitrogens is 1. The molecule has 90 valence electrons. The zero-order valence-corrected chi connectivity index (χ0v) is 9.84. The van der Waals surface area contributed by atoms with Crippen LogP contribution < -0.4 is 4.74 Å². The average Bonchev–Trinajstić information content (AvgIpc) is 2.86. The van der Waals surface area contributed by atoms with Crippen molar-refractivity contribution in [1.29, 1.82) is 0 Å². The van der Waals surface area contributed by atoms with Crippen LogP contribution in [0.5, 0.6) is 11.5 Å². The van der Waals surface area contributed by atoms with Crippen LogP contribution in [0.3, 0.4) is 0 Å². The number of aromatic amines is 1. The number of phenolic OH excluding ortho intramolecular Hbond substituents is 1. The van der Waals surface area contributed by atoms with Crippen molar-refractivity contribution in [2.75, 3.05) is 7.11 Å². The largest absolute Gasteiger partial charge is 0.504 e. The van der Waals surface area contributed by atoms with Crippen LogP contribution in [-0.4, -0.2) is 22.2 Å². The summed E-state index contributed by atoms with van der Waals surface area (Å²) in [4.78, 5) is 7.39. The van der Waals surface area contributed by atoms with E-state index in [2.05, 4.69) is 9.97 Å². The standard InChI is InChI=1S/C14H12N2O2/c1-18-13-7-9(2-3-12(13)17)11-6-10-4-5-15-14(10)16-8-11/h2-8,17H,1H3,(H,15,16). The topological polar surface area (TPSA) is 58.1 Å². The van der Waals surface area contributed by atoms with Crippen LogP contribution in [0.25, 0.3) is 22.2 Å². The Kier molecular flexibility index (Phi) is 2.41. The number of pyridine rings is 1. The first-order valence-electron chi connectivity index (χ1n) is 5.58. The van der Waals surface area contributed by atoms with E-state index in [-0.39, 0.29) is 5.75 Å². The summed E-state index contributed by atoms with van der Waals surface area (Å²) in [6.45, 7) is 0. The van der Waals surface area contributed by atoms with Crippen molar-refractivity contribution in [2.45, 2.75) is 0 Å². The van der Waals surface area contributed by atoms with Crippen molar-refractivity contribution in [3.8, 4) is 22.6 Å². The number of phenols is 1. The summed E-state index contributed by atoms with van der Waals surface area (Å²) in [7, 11) is 1.53. The van der Waals surface area contributed by atoms with E-state index in [1.807, 2.05) is 24.4 Å². The number of hydrogen-bond acceptors (Lipinski definition) is 3. The molecule has 0 saturated carbocycles. The number of fused-ring (bicyclic) bond motifs is 1. The van der Waals surface area contributed by atoms with Crippen molar-refractivity contribution in [1.82, 2.24) is 9.97 Å². The van der Waals surface area contributed by atoms with Crippen molar-refractivity contribution < 1.29 is 9.84 Å². The van der Waals surface area contributed by atoms with Gasteiger partial charge in [-0.2, -0.15) is 0 Å². The molecule has 3 aromatic rings. The molecule has 0 spiro atoms. The van der Waals surface area contributed by atoms with E-state index < -0.39 is 0 Å². The highest BCUT2D eigenvalue weighted by Crippen LogP contribution is 2.31. The Balaban J connectivity index is 2.13. The van der Waals surface area contributed by atoms with E-state index in [0.717, 1.165) is 22.2 Å². The van der Waals surface area contributed by atoms with Gasteiger partial charge in [0.15, 0.2) is 11.5 Å². The van der Waals surface area contributed by atoms with Gasteiger partial charge in [-0.05, 0) is 29.8 Å². The minimum absolute atomic E-state index is 0.136. The Bertz CT molecular complexity index is 704. The highest BCUT2D eigenvalue weighted by atomic mass is 16.5. The van der Waals surface area contributed by atoms with Gasteiger partial charge in [-0.3, -0.25) is 0 Å². The Hall–Kier alpha value is -2.49. The number of rotatable bonds is 2. The number of hydrogen-bond donors (Lipinski definition) is 2. The average molecular weight is 240 g/mol. The van der Waals surface area contributed by atoms with E-state index >= 15 is 0 Å². The van der Waals surface area contributed by atoms with E-state index in [1.54, 1.807) is 18.3 Å². The molecule has 0 aliphatic heterocycles. The molecule has 2 aromatic heterocycles. The third-order valence-corrected chi connectivity index (χ3v) is 2.91. The van der Waals surface area contributed by atoms with Crippen molar-refractivity contribution in [3.05, 3.63) is 42.7 Å². The van der Waals surface area contributed by atoms with Crippen LogP contribution in [0.15, 0.2) is 42.7 Å². The van der Waals surface area contributed by atoms with Gasteiger partial charge in [-0.1, -0.05) is 6.07 Å². The molecule has 0 aliphatic rings. The maximum absolute atomic E-state index is 9.57. The molecular formula is C14H12N2O2. The van der Waals surface area contributed by atoms with Crippen LogP contribution in [0.1, 0.15) is 0 Å². The van der Waals surface area contributed by atoms with Gasteiger partial charge in [0.25, 0.3) is 0 Å². The molecule has 0 saturated heterocycles. The Labute approximate surface area is 104 Å². The second-order valence-corrected chi connectivity index (χ2v) is 4.03. The molecule has 1 aromatic carbocycles. The molecule has 0 amide bonds. The molecule has 0 fully saturated rings. The molecule has 3 rings (SSSR count). The van der Waals surface area contributed by atoms with E-state index in [0.29, 0.717) is 5.75 Å². The zero-order valence-electron chi connectivity index (χ0n) is 9.84. The minimum Gasteiger partial charge on any atom is -0.504 e. The van der Waals surface area contributed by atoms with Gasteiger partial charge < -0.3 is 14.8 Å². The van der Waals surface area contributed by atoms with Crippen LogP contribution in [0.4, 0.5) is 0 Å². The highest BCUT2D eigenvalue weighted by Gasteiger charge is 2.06. The molecule has 0 aliphatic carbocycles. The predicted molar refractivity (Wildman–Crippen MR) is 69.7 cm³/mol. The quantitative estimate of drug-likeness (QED) is 0.724. The van der Waals surface area contributed by atoms with E-state index in [9.17, 15) is 5.11 Å². The molecule has 4 heteroatoms. The fourth-order valence-corrected chi connectivity index (χ4v) is 1.95. The monoisotopic (exact) mass is 240 g/mol. The number of benzene rings is 1. The fraction of sp³-hybridized carbons (Fsp3) is 0.0714. The Morgan fingerprint density at radius 3 is 2.89 bits per heavy atom. The van der Waals surface area contributed by atoms with Crippen LogP contribution in [0, 0.1) is 0 Å². The van der Waals surface area contributed by atoms with Crippen LogP contribution >= 0.6 is 0 Å². The third-order valence-electron chi connectivity index (χ3n) is 2.91. The van der Waals surface area contributed by atoms with E-state index in [1.165, 1.54) is 7.11 Å². The summed E-state index contributed by atoms with van der Waals surface area (Å²) < 4.78 is 5.10. The summed E-state index contributed by atoms with van der Waals surface area (Å²) in [5, 5.41) is 10.6. The number of methoxy groups -OCH3 is 1. The number of aromatic nitrogens is 2. The molecule has 18 heavy (non-hydrogen) atoms. The van der Waals surface area contributed by atoms with E-state index in [4.69, 9.17) is 4.74 Å². The fourth-order valence-electron chi connectivity index (χ4n) is 1.95. The second kappa shape index (κ2) is 4.07. The van der Waals surface area contributed by atoms with Crippen LogP contribution in [0.2, 0.25) is 0 Å². The number of nitrogens with zero attached hydrogens (tertiary/aromatic N) is 1. The Morgan fingerprint density at radius 1 is 1.17 bits per heavy atom. The summed E-state index contributed by atoms with van der Waals surface area (Å²) in [5.41, 5.74) is 2.81. The van der Waals surface area contributed by atoms with Crippen molar-refractivity contribution >= 4 is 11.0 Å². The lowest BCUT2D eigenvalue weighted by molar-refractivity contribution is 0.373. The maximum Gasteiger partial charge on any atom is 0.161 e. The van der Waals surface area contributed by atoms with Gasteiger partial charge in [0.2, 0.25) is 0 Å². The summed E-state index contributed by atoms with van der Waals surface area (Å²) in [6.07, 6.45) is 3.66. The van der Waals surface area contributed by atoms with Crippen molar-refractivity contribution in [3.63, 3.8) is 0 Å². The van der Waals surface area contributed by atoms with Crippen LogP contribution in [-0.2, 0) is 0 Å². The third kappa shape index (κ3) is 1.68. The molecule has 2 heterocycles. The number of nitrogens with one attached hydrogen (secondary N) is 1. The molecular weight excluding hydrogens is 228 g/mol. The lowest BCUT2D eigenvalue weighted by Crippen LogP contribution is -1.86. The maximum atomic E-state index is 9.57. The normalized spacial score (nSPS) is 10.7. The number of ether oxygens (including phenoxy) is 1. The van der Waals surface area contributed by atoms with Gasteiger partial charge in [-0.15, -0.1) is 0 Å². The molecule has 4 nitrogen and oxygen atoms in total. The van der Waals surface area contributed by atoms with Gasteiger partial charge in [0.05, 0.1) is 7.11 Å². The van der Waals surface area contributed by atoms with Gasteiger partial charge >= 0.3 is 0 Å². The van der Waals surface area contributed by atoms with Crippen molar-refractivity contribution in [2.24, 2.45) is 0 Å². The number of aromatic hydroxyl groups is 1. The molecule has 0 radical (unpaired) electrons. The first-order valence-corrected chi connectivity index (χ1v) is 5.58. The van der Waals surface area contributed by atoms with Gasteiger partial charge in [0.1, 0.15) is 5.65 Å². The SMILES string of the molecule is COc1cc(-c2cnc3[nH]ccc3c2)ccc1O. The predicted octanol–water partition coefficient (Wildman–Crippen LogP) is 2.94.